The fraction of sp³-hybridized carbons (Fsp3) is 0.200. The van der Waals surface area contributed by atoms with Gasteiger partial charge in [-0.25, -0.2) is 9.80 Å². The summed E-state index contributed by atoms with van der Waals surface area (Å²) in [5, 5.41) is 10.2. The largest absolute Gasteiger partial charge is 0.342 e. The van der Waals surface area contributed by atoms with E-state index in [1.807, 2.05) is 61.5 Å². The molecule has 1 heterocycles. The van der Waals surface area contributed by atoms with Crippen LogP contribution in [-0.2, 0) is 6.42 Å². The number of hydrazone groups is 1. The van der Waals surface area contributed by atoms with E-state index >= 15 is 0 Å². The van der Waals surface area contributed by atoms with Gasteiger partial charge in [0.05, 0.1) is 11.8 Å². The Morgan fingerprint density at radius 1 is 1.03 bits per heavy atom. The van der Waals surface area contributed by atoms with Crippen molar-refractivity contribution in [2.75, 3.05) is 5.32 Å². The lowest BCUT2D eigenvalue weighted by Gasteiger charge is -2.29. The zero-order valence-corrected chi connectivity index (χ0v) is 17.4. The van der Waals surface area contributed by atoms with Crippen LogP contribution in [0.3, 0.4) is 0 Å². The van der Waals surface area contributed by atoms with Gasteiger partial charge in [0.25, 0.3) is 0 Å². The molecule has 0 fully saturated rings. The summed E-state index contributed by atoms with van der Waals surface area (Å²) in [6.07, 6.45) is 1.94. The average Bonchev–Trinajstić information content (AvgIpc) is 3.16. The molecule has 1 N–H and O–H groups in total. The molecule has 0 radical (unpaired) electrons. The molecule has 2 atom stereocenters. The predicted octanol–water partition coefficient (Wildman–Crippen LogP) is 6.20. The van der Waals surface area contributed by atoms with E-state index in [2.05, 4.69) is 23.5 Å². The zero-order valence-electron chi connectivity index (χ0n) is 16.7. The highest BCUT2D eigenvalue weighted by atomic mass is 35.5. The van der Waals surface area contributed by atoms with Gasteiger partial charge >= 0.3 is 6.03 Å². The molecule has 0 spiro atoms. The Hall–Kier alpha value is -3.11. The van der Waals surface area contributed by atoms with E-state index < -0.39 is 0 Å². The van der Waals surface area contributed by atoms with Gasteiger partial charge in [-0.2, -0.15) is 5.10 Å². The summed E-state index contributed by atoms with van der Waals surface area (Å²) in [6, 6.07) is 23.5. The molecule has 150 valence electrons. The van der Waals surface area contributed by atoms with Crippen molar-refractivity contribution in [1.29, 1.82) is 0 Å². The van der Waals surface area contributed by atoms with Crippen molar-refractivity contribution in [3.05, 3.63) is 100 Å². The Morgan fingerprint density at radius 2 is 1.77 bits per heavy atom. The number of carbonyl (C=O) groups excluding carboxylic acids is 1. The fourth-order valence-corrected chi connectivity index (χ4v) is 4.57. The Morgan fingerprint density at radius 3 is 2.53 bits per heavy atom. The number of hydrogen-bond acceptors (Lipinski definition) is 2. The van der Waals surface area contributed by atoms with Crippen LogP contribution in [0.5, 0.6) is 0 Å². The lowest BCUT2D eigenvalue weighted by Crippen LogP contribution is -2.34. The van der Waals surface area contributed by atoms with Crippen LogP contribution in [-0.4, -0.2) is 16.8 Å². The number of nitrogens with zero attached hydrogens (tertiary/aromatic N) is 2. The summed E-state index contributed by atoms with van der Waals surface area (Å²) in [5.74, 6) is 0.157. The van der Waals surface area contributed by atoms with Crippen LogP contribution in [0.4, 0.5) is 10.5 Å². The van der Waals surface area contributed by atoms with E-state index in [4.69, 9.17) is 16.7 Å². The summed E-state index contributed by atoms with van der Waals surface area (Å²) in [4.78, 5) is 13.3. The van der Waals surface area contributed by atoms with E-state index in [-0.39, 0.29) is 18.0 Å². The summed E-state index contributed by atoms with van der Waals surface area (Å²) in [6.45, 7) is 2.02. The van der Waals surface area contributed by atoms with Gasteiger partial charge in [-0.3, -0.25) is 0 Å². The zero-order chi connectivity index (χ0) is 20.7. The van der Waals surface area contributed by atoms with Gasteiger partial charge in [-0.15, -0.1) is 0 Å². The Kier molecular flexibility index (Phi) is 4.80. The molecule has 5 rings (SSSR count). The number of aryl methyl sites for hydroxylation is 2. The standard InChI is InChI=1S/C25H22ClN3O/c1-16-6-13-20(14-7-16)27-25(30)29-24(18-8-11-19(26)12-9-18)22-15-10-17-4-2-3-5-21(17)23(22)28-29/h2-9,11-14,22,24H,10,15H2,1H3,(H,27,30)/t22-,24-/m1/s1. The molecule has 0 unspecified atom stereocenters. The second-order valence-corrected chi connectivity index (χ2v) is 8.36. The monoisotopic (exact) mass is 415 g/mol. The summed E-state index contributed by atoms with van der Waals surface area (Å²) in [5.41, 5.74) is 6.39. The van der Waals surface area contributed by atoms with Crippen molar-refractivity contribution in [3.63, 3.8) is 0 Å². The maximum absolute atomic E-state index is 13.3. The van der Waals surface area contributed by atoms with Crippen LogP contribution >= 0.6 is 11.6 Å². The van der Waals surface area contributed by atoms with Crippen molar-refractivity contribution in [2.45, 2.75) is 25.8 Å². The fourth-order valence-electron chi connectivity index (χ4n) is 4.44. The van der Waals surface area contributed by atoms with Crippen molar-refractivity contribution in [1.82, 2.24) is 5.01 Å². The third kappa shape index (κ3) is 3.37. The first-order valence-electron chi connectivity index (χ1n) is 10.2. The summed E-state index contributed by atoms with van der Waals surface area (Å²) in [7, 11) is 0. The van der Waals surface area contributed by atoms with Crippen LogP contribution in [0.15, 0.2) is 77.9 Å². The molecule has 3 aromatic carbocycles. The lowest BCUT2D eigenvalue weighted by atomic mass is 9.77. The number of fused-ring (bicyclic) bond motifs is 3. The van der Waals surface area contributed by atoms with Crippen LogP contribution < -0.4 is 5.32 Å². The second-order valence-electron chi connectivity index (χ2n) is 7.92. The van der Waals surface area contributed by atoms with Gasteiger partial charge < -0.3 is 5.32 Å². The number of nitrogens with one attached hydrogen (secondary N) is 1. The molecular weight excluding hydrogens is 394 g/mol. The number of halogens is 1. The van der Waals surface area contributed by atoms with E-state index in [9.17, 15) is 4.79 Å². The van der Waals surface area contributed by atoms with E-state index in [1.54, 1.807) is 5.01 Å². The van der Waals surface area contributed by atoms with Gasteiger partial charge in [0.1, 0.15) is 0 Å². The molecule has 1 aliphatic heterocycles. The molecule has 2 aliphatic rings. The normalized spacial score (nSPS) is 19.7. The number of amides is 2. The topological polar surface area (TPSA) is 44.7 Å². The third-order valence-electron chi connectivity index (χ3n) is 5.95. The van der Waals surface area contributed by atoms with Gasteiger partial charge in [0.15, 0.2) is 0 Å². The number of urea groups is 1. The first-order chi connectivity index (χ1) is 14.6. The molecule has 5 heteroatoms. The maximum atomic E-state index is 13.3. The van der Waals surface area contributed by atoms with Gasteiger partial charge in [-0.1, -0.05) is 65.7 Å². The molecule has 3 aromatic rings. The summed E-state index contributed by atoms with van der Waals surface area (Å²) >= 11 is 6.12. The van der Waals surface area contributed by atoms with Crippen molar-refractivity contribution >= 4 is 29.0 Å². The molecule has 0 saturated carbocycles. The van der Waals surface area contributed by atoms with E-state index in [0.29, 0.717) is 5.02 Å². The molecular formula is C25H22ClN3O. The van der Waals surface area contributed by atoms with Crippen molar-refractivity contribution in [3.8, 4) is 0 Å². The molecule has 4 nitrogen and oxygen atoms in total. The third-order valence-corrected chi connectivity index (χ3v) is 6.20. The number of rotatable bonds is 2. The first kappa shape index (κ1) is 18.9. The van der Waals surface area contributed by atoms with Gasteiger partial charge in [-0.05, 0) is 55.2 Å². The first-order valence-corrected chi connectivity index (χ1v) is 10.6. The Labute approximate surface area is 181 Å². The van der Waals surface area contributed by atoms with Crippen LogP contribution in [0.25, 0.3) is 0 Å². The number of benzene rings is 3. The maximum Gasteiger partial charge on any atom is 0.342 e. The smallest absolute Gasteiger partial charge is 0.306 e. The number of hydrogen-bond donors (Lipinski definition) is 1. The highest BCUT2D eigenvalue weighted by molar-refractivity contribution is 6.30. The molecule has 1 aliphatic carbocycles. The van der Waals surface area contributed by atoms with E-state index in [1.165, 1.54) is 5.56 Å². The number of anilines is 1. The SMILES string of the molecule is Cc1ccc(NC(=O)N2N=C3c4ccccc4CC[C@H]3[C@H]2c2ccc(Cl)cc2)cc1. The van der Waals surface area contributed by atoms with Gasteiger partial charge in [0, 0.05) is 22.2 Å². The van der Waals surface area contributed by atoms with Gasteiger partial charge in [0.2, 0.25) is 0 Å². The van der Waals surface area contributed by atoms with Crippen LogP contribution in [0, 0.1) is 12.8 Å². The Balaban J connectivity index is 1.53. The van der Waals surface area contributed by atoms with Crippen LogP contribution in [0.1, 0.15) is 34.7 Å². The predicted molar refractivity (Wildman–Crippen MR) is 121 cm³/mol. The van der Waals surface area contributed by atoms with E-state index in [0.717, 1.165) is 40.9 Å². The average molecular weight is 416 g/mol. The molecule has 0 bridgehead atoms. The molecule has 2 amide bonds. The number of carbonyl (C=O) groups is 1. The summed E-state index contributed by atoms with van der Waals surface area (Å²) < 4.78 is 0. The lowest BCUT2D eigenvalue weighted by molar-refractivity contribution is 0.188. The minimum absolute atomic E-state index is 0.156. The molecule has 30 heavy (non-hydrogen) atoms. The highest BCUT2D eigenvalue weighted by Crippen LogP contribution is 2.43. The van der Waals surface area contributed by atoms with Crippen LogP contribution in [0.2, 0.25) is 5.02 Å². The highest BCUT2D eigenvalue weighted by Gasteiger charge is 2.43. The second kappa shape index (κ2) is 7.62. The minimum Gasteiger partial charge on any atom is -0.306 e. The molecule has 0 aromatic heterocycles. The Bertz CT molecular complexity index is 1120. The molecule has 0 saturated heterocycles. The minimum atomic E-state index is -0.224. The van der Waals surface area contributed by atoms with Crippen molar-refractivity contribution in [2.24, 2.45) is 11.0 Å². The van der Waals surface area contributed by atoms with Crippen molar-refractivity contribution < 1.29 is 4.79 Å². The quantitative estimate of drug-likeness (QED) is 0.531.